The fourth-order valence-electron chi connectivity index (χ4n) is 1.77. The van der Waals surface area contributed by atoms with Crippen molar-refractivity contribution < 1.29 is 18.7 Å². The van der Waals surface area contributed by atoms with Crippen molar-refractivity contribution in [2.45, 2.75) is 13.3 Å². The first kappa shape index (κ1) is 12.0. The lowest BCUT2D eigenvalue weighted by atomic mass is 10.3. The van der Waals surface area contributed by atoms with Crippen LogP contribution < -0.4 is 4.90 Å². The van der Waals surface area contributed by atoms with Gasteiger partial charge in [0.25, 0.3) is 0 Å². The molecule has 0 spiro atoms. The van der Waals surface area contributed by atoms with E-state index in [0.29, 0.717) is 25.6 Å². The monoisotopic (exact) mass is 239 g/mol. The molecule has 1 aliphatic heterocycles. The maximum Gasteiger partial charge on any atom is 0.376 e. The van der Waals surface area contributed by atoms with Crippen molar-refractivity contribution >= 4 is 11.7 Å². The molecule has 0 saturated carbocycles. The topological polar surface area (TPSA) is 51.9 Å². The standard InChI is InChI=1S/C12H17NO4/c1-2-6-17-12(14)11-10(3-7-16-11)13-4-8-15-9-5-13/h3,7H,2,4-6,8-9H2,1H3. The molecule has 0 aromatic carbocycles. The number of hydrogen-bond donors (Lipinski definition) is 0. The molecule has 1 fully saturated rings. The van der Waals surface area contributed by atoms with Gasteiger partial charge in [0.1, 0.15) is 0 Å². The average molecular weight is 239 g/mol. The van der Waals surface area contributed by atoms with Gasteiger partial charge in [-0.2, -0.15) is 0 Å². The summed E-state index contributed by atoms with van der Waals surface area (Å²) >= 11 is 0. The summed E-state index contributed by atoms with van der Waals surface area (Å²) < 4.78 is 15.6. The van der Waals surface area contributed by atoms with Crippen molar-refractivity contribution in [2.75, 3.05) is 37.8 Å². The van der Waals surface area contributed by atoms with Crippen LogP contribution in [0.1, 0.15) is 23.9 Å². The first-order valence-corrected chi connectivity index (χ1v) is 5.90. The van der Waals surface area contributed by atoms with E-state index in [2.05, 4.69) is 4.90 Å². The van der Waals surface area contributed by atoms with Gasteiger partial charge >= 0.3 is 5.97 Å². The van der Waals surface area contributed by atoms with E-state index < -0.39 is 5.97 Å². The van der Waals surface area contributed by atoms with Gasteiger partial charge in [-0.3, -0.25) is 0 Å². The molecule has 0 radical (unpaired) electrons. The lowest BCUT2D eigenvalue weighted by molar-refractivity contribution is 0.0468. The largest absolute Gasteiger partial charge is 0.460 e. The highest BCUT2D eigenvalue weighted by Crippen LogP contribution is 2.23. The van der Waals surface area contributed by atoms with E-state index in [9.17, 15) is 4.79 Å². The Morgan fingerprint density at radius 1 is 1.47 bits per heavy atom. The van der Waals surface area contributed by atoms with Crippen LogP contribution in [0, 0.1) is 0 Å². The maximum atomic E-state index is 11.8. The number of rotatable bonds is 4. The van der Waals surface area contributed by atoms with Gasteiger partial charge in [-0.15, -0.1) is 0 Å². The van der Waals surface area contributed by atoms with E-state index in [1.165, 1.54) is 6.26 Å². The number of furan rings is 1. The molecule has 0 aliphatic carbocycles. The van der Waals surface area contributed by atoms with E-state index in [1.54, 1.807) is 6.07 Å². The number of carbonyl (C=O) groups is 1. The summed E-state index contributed by atoms with van der Waals surface area (Å²) in [5.74, 6) is -0.0984. The quantitative estimate of drug-likeness (QED) is 0.748. The molecule has 0 N–H and O–H groups in total. The molecular formula is C12H17NO4. The third-order valence-corrected chi connectivity index (χ3v) is 2.62. The van der Waals surface area contributed by atoms with Crippen LogP contribution in [-0.4, -0.2) is 38.9 Å². The molecule has 1 aliphatic rings. The van der Waals surface area contributed by atoms with Crippen molar-refractivity contribution in [1.29, 1.82) is 0 Å². The number of carbonyl (C=O) groups excluding carboxylic acids is 1. The van der Waals surface area contributed by atoms with Gasteiger partial charge in [0.15, 0.2) is 0 Å². The van der Waals surface area contributed by atoms with Crippen LogP contribution in [0.5, 0.6) is 0 Å². The van der Waals surface area contributed by atoms with E-state index in [-0.39, 0.29) is 0 Å². The van der Waals surface area contributed by atoms with Gasteiger partial charge in [0.2, 0.25) is 5.76 Å². The molecule has 2 heterocycles. The zero-order valence-electron chi connectivity index (χ0n) is 9.98. The Kier molecular flexibility index (Phi) is 4.03. The lowest BCUT2D eigenvalue weighted by Crippen LogP contribution is -2.36. The highest BCUT2D eigenvalue weighted by atomic mass is 16.5. The summed E-state index contributed by atoms with van der Waals surface area (Å²) in [5.41, 5.74) is 0.800. The maximum absolute atomic E-state index is 11.8. The highest BCUT2D eigenvalue weighted by molar-refractivity contribution is 5.92. The molecular weight excluding hydrogens is 222 g/mol. The number of ether oxygens (including phenoxy) is 2. The van der Waals surface area contributed by atoms with Crippen LogP contribution in [0.3, 0.4) is 0 Å². The summed E-state index contributed by atoms with van der Waals surface area (Å²) in [4.78, 5) is 13.8. The first-order chi connectivity index (χ1) is 8.33. The fourth-order valence-corrected chi connectivity index (χ4v) is 1.77. The van der Waals surface area contributed by atoms with Crippen molar-refractivity contribution in [3.63, 3.8) is 0 Å². The van der Waals surface area contributed by atoms with Crippen LogP contribution in [0.15, 0.2) is 16.7 Å². The van der Waals surface area contributed by atoms with Gasteiger partial charge in [0, 0.05) is 19.2 Å². The first-order valence-electron chi connectivity index (χ1n) is 5.90. The third kappa shape index (κ3) is 2.79. The smallest absolute Gasteiger partial charge is 0.376 e. The van der Waals surface area contributed by atoms with E-state index in [1.807, 2.05) is 6.92 Å². The molecule has 5 nitrogen and oxygen atoms in total. The van der Waals surface area contributed by atoms with E-state index in [4.69, 9.17) is 13.9 Å². The second-order valence-corrected chi connectivity index (χ2v) is 3.87. The SMILES string of the molecule is CCCOC(=O)c1occc1N1CCOCC1. The Balaban J connectivity index is 2.07. The summed E-state index contributed by atoms with van der Waals surface area (Å²) in [6, 6.07) is 1.80. The van der Waals surface area contributed by atoms with Crippen LogP contribution in [-0.2, 0) is 9.47 Å². The number of hydrogen-bond acceptors (Lipinski definition) is 5. The number of anilines is 1. The average Bonchev–Trinajstić information content (AvgIpc) is 2.86. The van der Waals surface area contributed by atoms with Crippen LogP contribution in [0.2, 0.25) is 0 Å². The molecule has 1 aromatic heterocycles. The minimum absolute atomic E-state index is 0.292. The van der Waals surface area contributed by atoms with Gasteiger partial charge < -0.3 is 18.8 Å². The summed E-state index contributed by atoms with van der Waals surface area (Å²) in [5, 5.41) is 0. The molecule has 94 valence electrons. The van der Waals surface area contributed by atoms with Crippen molar-refractivity contribution in [2.24, 2.45) is 0 Å². The fraction of sp³-hybridized carbons (Fsp3) is 0.583. The predicted octanol–water partition coefficient (Wildman–Crippen LogP) is 1.68. The van der Waals surface area contributed by atoms with E-state index in [0.717, 1.165) is 25.2 Å². The van der Waals surface area contributed by atoms with Gasteiger partial charge in [-0.1, -0.05) is 6.92 Å². The molecule has 0 amide bonds. The molecule has 5 heteroatoms. The second-order valence-electron chi connectivity index (χ2n) is 3.87. The zero-order valence-corrected chi connectivity index (χ0v) is 9.98. The molecule has 0 unspecified atom stereocenters. The molecule has 2 rings (SSSR count). The normalized spacial score (nSPS) is 15.9. The van der Waals surface area contributed by atoms with Gasteiger partial charge in [-0.05, 0) is 6.42 Å². The molecule has 0 bridgehead atoms. The van der Waals surface area contributed by atoms with Crippen LogP contribution in [0.4, 0.5) is 5.69 Å². The molecule has 0 atom stereocenters. The Morgan fingerprint density at radius 2 is 2.24 bits per heavy atom. The minimum Gasteiger partial charge on any atom is -0.460 e. The van der Waals surface area contributed by atoms with Crippen LogP contribution in [0.25, 0.3) is 0 Å². The number of nitrogens with zero attached hydrogens (tertiary/aromatic N) is 1. The molecule has 1 aromatic rings. The zero-order chi connectivity index (χ0) is 12.1. The minimum atomic E-state index is -0.390. The Hall–Kier alpha value is -1.49. The Labute approximate surface area is 100 Å². The lowest BCUT2D eigenvalue weighted by Gasteiger charge is -2.27. The Morgan fingerprint density at radius 3 is 2.94 bits per heavy atom. The Bertz CT molecular complexity index is 368. The molecule has 17 heavy (non-hydrogen) atoms. The van der Waals surface area contributed by atoms with Crippen molar-refractivity contribution in [3.8, 4) is 0 Å². The van der Waals surface area contributed by atoms with Gasteiger partial charge in [-0.25, -0.2) is 4.79 Å². The third-order valence-electron chi connectivity index (χ3n) is 2.62. The second kappa shape index (κ2) is 5.72. The van der Waals surface area contributed by atoms with Gasteiger partial charge in [0.05, 0.1) is 31.8 Å². The van der Waals surface area contributed by atoms with Crippen molar-refractivity contribution in [3.05, 3.63) is 18.1 Å². The van der Waals surface area contributed by atoms with Crippen LogP contribution >= 0.6 is 0 Å². The predicted molar refractivity (Wildman–Crippen MR) is 62.3 cm³/mol. The molecule has 1 saturated heterocycles. The number of esters is 1. The van der Waals surface area contributed by atoms with Crippen molar-refractivity contribution in [1.82, 2.24) is 0 Å². The summed E-state index contributed by atoms with van der Waals surface area (Å²) in [7, 11) is 0. The van der Waals surface area contributed by atoms with E-state index >= 15 is 0 Å². The summed E-state index contributed by atoms with van der Waals surface area (Å²) in [6.45, 7) is 5.27. The number of morpholine rings is 1. The highest BCUT2D eigenvalue weighted by Gasteiger charge is 2.22. The summed E-state index contributed by atoms with van der Waals surface area (Å²) in [6.07, 6.45) is 2.33.